The normalized spacial score (nSPS) is 12.7. The third kappa shape index (κ3) is 7.77. The minimum Gasteiger partial charge on any atom is -0.325 e. The molecule has 0 aliphatic rings. The highest BCUT2D eigenvalue weighted by atomic mass is 15.3. The average molecular weight is 245 g/mol. The predicted octanol–water partition coefficient (Wildman–Crippen LogP) is 3.61. The molecule has 0 saturated carbocycles. The molecule has 0 radical (unpaired) electrons. The van der Waals surface area contributed by atoms with E-state index in [0.29, 0.717) is 12.1 Å². The molecule has 17 heavy (non-hydrogen) atoms. The van der Waals surface area contributed by atoms with E-state index in [1.165, 1.54) is 0 Å². The number of hydrogen-bond acceptors (Lipinski definition) is 1. The van der Waals surface area contributed by atoms with Crippen molar-refractivity contribution in [3.8, 4) is 0 Å². The quantitative estimate of drug-likeness (QED) is 0.684. The summed E-state index contributed by atoms with van der Waals surface area (Å²) in [5.74, 6) is 0. The molecule has 0 aromatic rings. The molecule has 2 nitrogen and oxygen atoms in total. The van der Waals surface area contributed by atoms with Crippen LogP contribution in [0.4, 0.5) is 0 Å². The van der Waals surface area contributed by atoms with Crippen molar-refractivity contribution in [2.75, 3.05) is 21.1 Å². The van der Waals surface area contributed by atoms with Crippen molar-refractivity contribution in [1.82, 2.24) is 4.90 Å². The van der Waals surface area contributed by atoms with Crippen molar-refractivity contribution < 1.29 is 4.48 Å². The largest absolute Gasteiger partial charge is 0.325 e. The van der Waals surface area contributed by atoms with Gasteiger partial charge in [0.1, 0.15) is 0 Å². The van der Waals surface area contributed by atoms with Gasteiger partial charge in [-0.2, -0.15) is 0 Å². The third-order valence-corrected chi connectivity index (χ3v) is 4.29. The number of quaternary nitrogens is 1. The molecule has 0 rings (SSSR count). The second-order valence-corrected chi connectivity index (χ2v) is 6.67. The molecule has 0 amide bonds. The fourth-order valence-corrected chi connectivity index (χ4v) is 1.19. The smallest absolute Gasteiger partial charge is 0.0831 e. The van der Waals surface area contributed by atoms with E-state index in [4.69, 9.17) is 0 Å². The van der Waals surface area contributed by atoms with Crippen LogP contribution in [0.15, 0.2) is 0 Å². The molecular weight excluding hydrogens is 208 g/mol. The molecule has 0 aliphatic carbocycles. The van der Waals surface area contributed by atoms with Gasteiger partial charge in [0.05, 0.1) is 26.2 Å². The molecule has 0 aromatic heterocycles. The van der Waals surface area contributed by atoms with E-state index in [2.05, 4.69) is 81.4 Å². The van der Waals surface area contributed by atoms with Crippen molar-refractivity contribution in [3.63, 3.8) is 0 Å². The first-order valence-corrected chi connectivity index (χ1v) is 6.99. The van der Waals surface area contributed by atoms with Gasteiger partial charge < -0.3 is 9.38 Å². The summed E-state index contributed by atoms with van der Waals surface area (Å²) in [7, 11) is 6.69. The van der Waals surface area contributed by atoms with E-state index in [1.807, 2.05) is 0 Å². The number of rotatable bonds is 4. The van der Waals surface area contributed by atoms with Crippen molar-refractivity contribution in [1.29, 1.82) is 0 Å². The zero-order valence-electron chi connectivity index (χ0n) is 14.2. The number of nitrogens with zero attached hydrogens (tertiary/aromatic N) is 2. The maximum absolute atomic E-state index is 2.33. The van der Waals surface area contributed by atoms with Crippen LogP contribution >= 0.6 is 0 Å². The Balaban J connectivity index is 0. The average Bonchev–Trinajstić information content (AvgIpc) is 2.16. The van der Waals surface area contributed by atoms with Crippen molar-refractivity contribution in [3.05, 3.63) is 0 Å². The van der Waals surface area contributed by atoms with Gasteiger partial charge in [0, 0.05) is 12.1 Å². The first-order valence-electron chi connectivity index (χ1n) is 6.99. The van der Waals surface area contributed by atoms with Crippen LogP contribution in [-0.2, 0) is 0 Å². The summed E-state index contributed by atoms with van der Waals surface area (Å²) in [4.78, 5) is 2.33. The van der Waals surface area contributed by atoms with E-state index >= 15 is 0 Å². The van der Waals surface area contributed by atoms with Gasteiger partial charge in [-0.3, -0.25) is 0 Å². The molecule has 106 valence electrons. The Labute approximate surface area is 111 Å². The summed E-state index contributed by atoms with van der Waals surface area (Å²) in [6.45, 7) is 17.9. The van der Waals surface area contributed by atoms with E-state index in [0.717, 1.165) is 16.6 Å². The van der Waals surface area contributed by atoms with E-state index < -0.39 is 0 Å². The van der Waals surface area contributed by atoms with Gasteiger partial charge in [-0.1, -0.05) is 0 Å². The van der Waals surface area contributed by atoms with Crippen molar-refractivity contribution in [2.45, 2.75) is 79.6 Å². The van der Waals surface area contributed by atoms with Gasteiger partial charge in [0.2, 0.25) is 0 Å². The van der Waals surface area contributed by atoms with Crippen LogP contribution in [0.2, 0.25) is 0 Å². The zero-order valence-corrected chi connectivity index (χ0v) is 14.2. The Hall–Kier alpha value is -0.0800. The Morgan fingerprint density at radius 1 is 0.647 bits per heavy atom. The lowest BCUT2D eigenvalue weighted by molar-refractivity contribution is -0.931. The molecule has 0 bridgehead atoms. The molecule has 0 fully saturated rings. The van der Waals surface area contributed by atoms with E-state index in [-0.39, 0.29) is 0 Å². The zero-order chi connectivity index (χ0) is 14.4. The molecule has 0 aliphatic heterocycles. The summed E-state index contributed by atoms with van der Waals surface area (Å²) in [6.07, 6.45) is 0. The molecule has 0 aromatic carbocycles. The lowest BCUT2D eigenvalue weighted by atomic mass is 10.2. The molecule has 0 unspecified atom stereocenters. The minimum absolute atomic E-state index is 0.676. The minimum atomic E-state index is 0.676. The van der Waals surface area contributed by atoms with Crippen LogP contribution in [0.3, 0.4) is 0 Å². The van der Waals surface area contributed by atoms with Crippen LogP contribution in [0.1, 0.15) is 55.4 Å². The lowest BCUT2D eigenvalue weighted by Crippen LogP contribution is -2.50. The Morgan fingerprint density at radius 3 is 0.882 bits per heavy atom. The van der Waals surface area contributed by atoms with Gasteiger partial charge in [-0.15, -0.1) is 0 Å². The molecule has 0 atom stereocenters. The summed E-state index contributed by atoms with van der Waals surface area (Å²) < 4.78 is 1.11. The third-order valence-electron chi connectivity index (χ3n) is 4.29. The Bertz CT molecular complexity index is 163. The van der Waals surface area contributed by atoms with Gasteiger partial charge in [0.15, 0.2) is 0 Å². The van der Waals surface area contributed by atoms with Crippen LogP contribution in [0.5, 0.6) is 0 Å². The van der Waals surface area contributed by atoms with Crippen LogP contribution in [0.25, 0.3) is 0 Å². The molecule has 0 spiro atoms. The van der Waals surface area contributed by atoms with Gasteiger partial charge in [-0.05, 0) is 62.4 Å². The van der Waals surface area contributed by atoms with Crippen molar-refractivity contribution >= 4 is 0 Å². The van der Waals surface area contributed by atoms with Crippen LogP contribution < -0.4 is 0 Å². The predicted molar refractivity (Wildman–Crippen MR) is 80.4 cm³/mol. The summed E-state index contributed by atoms with van der Waals surface area (Å²) in [5, 5.41) is 0. The number of hydrogen-bond donors (Lipinski definition) is 0. The second kappa shape index (κ2) is 8.10. The Kier molecular flexibility index (Phi) is 9.18. The maximum Gasteiger partial charge on any atom is 0.0831 e. The first-order chi connectivity index (χ1) is 7.44. The summed E-state index contributed by atoms with van der Waals surface area (Å²) >= 11 is 0. The van der Waals surface area contributed by atoms with Gasteiger partial charge >= 0.3 is 0 Å². The topological polar surface area (TPSA) is 3.24 Å². The van der Waals surface area contributed by atoms with Crippen LogP contribution in [0, 0.1) is 0 Å². The monoisotopic (exact) mass is 245 g/mol. The standard InChI is InChI=1S/C8H20N.C7H17N/c1-7(2)9(5,6)8(3)4;1-6(2)8(5)7(3)4/h7-8H,1-6H3;6-7H,1-5H3/q+1;. The highest BCUT2D eigenvalue weighted by Gasteiger charge is 2.22. The highest BCUT2D eigenvalue weighted by Crippen LogP contribution is 2.10. The summed E-state index contributed by atoms with van der Waals surface area (Å²) in [5.41, 5.74) is 0. The second-order valence-electron chi connectivity index (χ2n) is 6.67. The molecule has 0 heterocycles. The lowest BCUT2D eigenvalue weighted by Gasteiger charge is -2.38. The van der Waals surface area contributed by atoms with E-state index in [9.17, 15) is 0 Å². The fraction of sp³-hybridized carbons (Fsp3) is 1.00. The highest BCUT2D eigenvalue weighted by molar-refractivity contribution is 4.60. The van der Waals surface area contributed by atoms with Crippen molar-refractivity contribution in [2.24, 2.45) is 0 Å². The van der Waals surface area contributed by atoms with Crippen LogP contribution in [-0.4, -0.2) is 54.7 Å². The molecule has 2 heteroatoms. The van der Waals surface area contributed by atoms with Gasteiger partial charge in [0.25, 0.3) is 0 Å². The Morgan fingerprint density at radius 2 is 0.882 bits per heavy atom. The molecule has 0 saturated heterocycles. The maximum atomic E-state index is 2.33. The fourth-order valence-electron chi connectivity index (χ4n) is 1.19. The molecule has 0 N–H and O–H groups in total. The SMILES string of the molecule is CC(C)N(C)C(C)C.CC(C)[N+](C)(C)C(C)C. The van der Waals surface area contributed by atoms with E-state index in [1.54, 1.807) is 0 Å². The first kappa shape index (κ1) is 19.3. The molecular formula is C15H37N2+. The summed E-state index contributed by atoms with van der Waals surface area (Å²) in [6, 6.07) is 2.81. The van der Waals surface area contributed by atoms with Gasteiger partial charge in [-0.25, -0.2) is 0 Å².